The van der Waals surface area contributed by atoms with Gasteiger partial charge in [-0.15, -0.1) is 0 Å². The number of fused-ring (bicyclic) bond motifs is 3. The van der Waals surface area contributed by atoms with Crippen LogP contribution in [0.5, 0.6) is 0 Å². The Balaban J connectivity index is 1.21. The van der Waals surface area contributed by atoms with E-state index in [1.807, 2.05) is 17.0 Å². The van der Waals surface area contributed by atoms with Crippen LogP contribution in [0.1, 0.15) is 37.3 Å². The first-order valence-electron chi connectivity index (χ1n) is 15.5. The molecule has 7 rings (SSSR count). The topological polar surface area (TPSA) is 51.1 Å². The largest absolute Gasteiger partial charge is 0.477 e. The molecule has 5 nitrogen and oxygen atoms in total. The lowest BCUT2D eigenvalue weighted by atomic mass is 9.98. The first-order chi connectivity index (χ1) is 21.4. The molecule has 7 heteroatoms. The van der Waals surface area contributed by atoms with Crippen molar-refractivity contribution in [3.05, 3.63) is 120 Å². The summed E-state index contributed by atoms with van der Waals surface area (Å²) in [6.07, 6.45) is 0.357. The van der Waals surface area contributed by atoms with Crippen molar-refractivity contribution < 1.29 is 14.3 Å². The van der Waals surface area contributed by atoms with Crippen LogP contribution in [0, 0.1) is 5.92 Å². The van der Waals surface area contributed by atoms with Crippen molar-refractivity contribution in [3.63, 3.8) is 0 Å². The maximum Gasteiger partial charge on any atom is 0.410 e. The third-order valence-electron chi connectivity index (χ3n) is 9.39. The summed E-state index contributed by atoms with van der Waals surface area (Å²) in [6.45, 7) is 5.63. The Morgan fingerprint density at radius 1 is 0.886 bits per heavy atom. The first kappa shape index (κ1) is 29.0. The molecule has 4 aromatic carbocycles. The molecule has 2 aliphatic heterocycles. The van der Waals surface area contributed by atoms with Crippen molar-refractivity contribution in [2.45, 2.75) is 43.9 Å². The molecule has 0 saturated carbocycles. The molecule has 1 amide bonds. The van der Waals surface area contributed by atoms with Crippen molar-refractivity contribution in [3.8, 4) is 11.1 Å². The van der Waals surface area contributed by atoms with Crippen LogP contribution in [0.2, 0.25) is 0 Å². The number of benzene rings is 4. The van der Waals surface area contributed by atoms with Gasteiger partial charge in [0.2, 0.25) is 5.90 Å². The highest BCUT2D eigenvalue weighted by atomic mass is 32.4. The number of hydrogen-bond donors (Lipinski definition) is 0. The normalized spacial score (nSPS) is 21.1. The molecule has 0 N–H and O–H groups in total. The van der Waals surface area contributed by atoms with E-state index in [1.54, 1.807) is 0 Å². The average molecular weight is 621 g/mol. The molecule has 0 radical (unpaired) electrons. The summed E-state index contributed by atoms with van der Waals surface area (Å²) in [5.41, 5.74) is 4.87. The predicted molar refractivity (Wildman–Crippen MR) is 182 cm³/mol. The Morgan fingerprint density at radius 3 is 1.98 bits per heavy atom. The van der Waals surface area contributed by atoms with Crippen molar-refractivity contribution in [1.82, 2.24) is 4.90 Å². The zero-order valence-corrected chi connectivity index (χ0v) is 26.8. The highest BCUT2D eigenvalue weighted by Gasteiger charge is 2.48. The van der Waals surface area contributed by atoms with Crippen molar-refractivity contribution >= 4 is 40.4 Å². The molecule has 0 unspecified atom stereocenters. The second-order valence-electron chi connectivity index (χ2n) is 12.3. The number of amides is 1. The van der Waals surface area contributed by atoms with E-state index in [9.17, 15) is 4.79 Å². The van der Waals surface area contributed by atoms with Gasteiger partial charge in [0.25, 0.3) is 0 Å². The Bertz CT molecular complexity index is 1650. The molecule has 44 heavy (non-hydrogen) atoms. The molecular formula is C37H37N2O3PS. The van der Waals surface area contributed by atoms with E-state index in [1.165, 1.54) is 22.3 Å². The molecule has 224 valence electrons. The molecule has 3 aliphatic rings. The minimum atomic E-state index is -2.31. The average Bonchev–Trinajstić information content (AvgIpc) is 3.81. The second kappa shape index (κ2) is 12.0. The van der Waals surface area contributed by atoms with E-state index in [-0.39, 0.29) is 36.4 Å². The first-order valence-corrected chi connectivity index (χ1v) is 18.4. The molecule has 3 atom stereocenters. The van der Waals surface area contributed by atoms with Gasteiger partial charge in [0.05, 0.1) is 6.04 Å². The van der Waals surface area contributed by atoms with Gasteiger partial charge in [0.15, 0.2) is 0 Å². The van der Waals surface area contributed by atoms with Crippen LogP contribution in [0.25, 0.3) is 11.1 Å². The van der Waals surface area contributed by atoms with E-state index in [0.29, 0.717) is 31.4 Å². The summed E-state index contributed by atoms with van der Waals surface area (Å²) in [6, 6.07) is 35.2. The summed E-state index contributed by atoms with van der Waals surface area (Å²) in [5, 5.41) is 2.32. The summed E-state index contributed by atoms with van der Waals surface area (Å²) in [4.78, 5) is 21.0. The van der Waals surface area contributed by atoms with Gasteiger partial charge < -0.3 is 9.47 Å². The molecule has 4 aromatic rings. The number of rotatable bonds is 7. The van der Waals surface area contributed by atoms with E-state index in [0.717, 1.165) is 10.6 Å². The van der Waals surface area contributed by atoms with Crippen molar-refractivity contribution in [1.29, 1.82) is 0 Å². The van der Waals surface area contributed by atoms with Gasteiger partial charge in [-0.1, -0.05) is 135 Å². The summed E-state index contributed by atoms with van der Waals surface area (Å²) in [5.74, 6) is 0.988. The molecule has 0 spiro atoms. The number of likely N-dealkylation sites (tertiary alicyclic amines) is 1. The minimum absolute atomic E-state index is 0.00669. The summed E-state index contributed by atoms with van der Waals surface area (Å²) >= 11 is 6.72. The van der Waals surface area contributed by atoms with Crippen LogP contribution in [-0.2, 0) is 21.3 Å². The zero-order valence-electron chi connectivity index (χ0n) is 25.1. The Kier molecular flexibility index (Phi) is 7.90. The van der Waals surface area contributed by atoms with Gasteiger partial charge in [0.1, 0.15) is 19.3 Å². The minimum Gasteiger partial charge on any atom is -0.477 e. The van der Waals surface area contributed by atoms with Gasteiger partial charge in [0, 0.05) is 24.2 Å². The van der Waals surface area contributed by atoms with Crippen LogP contribution in [0.3, 0.4) is 0 Å². The van der Waals surface area contributed by atoms with Gasteiger partial charge in [-0.2, -0.15) is 0 Å². The van der Waals surface area contributed by atoms with Crippen LogP contribution in [-0.4, -0.2) is 54.4 Å². The Hall–Kier alpha value is -3.73. The smallest absolute Gasteiger partial charge is 0.410 e. The summed E-state index contributed by atoms with van der Waals surface area (Å²) < 4.78 is 12.4. The zero-order chi connectivity index (χ0) is 30.3. The monoisotopic (exact) mass is 620 g/mol. The van der Waals surface area contributed by atoms with Crippen LogP contribution in [0.15, 0.2) is 114 Å². The van der Waals surface area contributed by atoms with E-state index in [4.69, 9.17) is 26.3 Å². The third kappa shape index (κ3) is 5.08. The van der Waals surface area contributed by atoms with Crippen molar-refractivity contribution in [2.24, 2.45) is 10.9 Å². The van der Waals surface area contributed by atoms with E-state index < -0.39 is 6.04 Å². The maximum absolute atomic E-state index is 14.1. The highest BCUT2D eigenvalue weighted by molar-refractivity contribution is 8.22. The third-order valence-corrected chi connectivity index (χ3v) is 15.1. The quantitative estimate of drug-likeness (QED) is 0.210. The Morgan fingerprint density at radius 2 is 1.43 bits per heavy atom. The summed E-state index contributed by atoms with van der Waals surface area (Å²) in [7, 11) is 0. The number of ether oxygens (including phenoxy) is 2. The number of nitrogens with zero attached hydrogens (tertiary/aromatic N) is 2. The standard InChI is InChI=1S/C37H37N2O3PS/c1-25(2)34-24-41-36(38-34)35-21-28(43(44,26-13-5-3-6-14-26)27-15-7-4-8-16-27)22-39(35)37(40)42-23-33-31-19-11-9-17-29(31)30-18-10-12-20-32(30)33/h3-20,25,28,33-35H,21-24H2,1-2H3/t28-,34+,35-/m0/s1. The lowest BCUT2D eigenvalue weighted by Crippen LogP contribution is -2.41. The van der Waals surface area contributed by atoms with Gasteiger partial charge in [-0.25, -0.2) is 9.79 Å². The van der Waals surface area contributed by atoms with Gasteiger partial charge in [-0.3, -0.25) is 4.90 Å². The number of carbonyl (C=O) groups excluding carboxylic acids is 1. The van der Waals surface area contributed by atoms with Crippen molar-refractivity contribution in [2.75, 3.05) is 19.8 Å². The molecule has 0 aromatic heterocycles. The van der Waals surface area contributed by atoms with Crippen LogP contribution < -0.4 is 10.6 Å². The molecular weight excluding hydrogens is 583 g/mol. The molecule has 1 fully saturated rings. The fourth-order valence-electron chi connectivity index (χ4n) is 6.99. The highest BCUT2D eigenvalue weighted by Crippen LogP contribution is 2.54. The number of hydrogen-bond acceptors (Lipinski definition) is 5. The number of aliphatic imine (C=N–C) groups is 1. The second-order valence-corrected chi connectivity index (χ2v) is 17.1. The lowest BCUT2D eigenvalue weighted by Gasteiger charge is -2.29. The lowest BCUT2D eigenvalue weighted by molar-refractivity contribution is 0.100. The molecule has 2 heterocycles. The predicted octanol–water partition coefficient (Wildman–Crippen LogP) is 6.96. The van der Waals surface area contributed by atoms with E-state index >= 15 is 0 Å². The molecule has 1 saturated heterocycles. The Labute approximate surface area is 264 Å². The van der Waals surface area contributed by atoms with Crippen LogP contribution in [0.4, 0.5) is 4.79 Å². The maximum atomic E-state index is 14.1. The fraction of sp³-hybridized carbons (Fsp3) is 0.297. The van der Waals surface area contributed by atoms with Crippen LogP contribution >= 0.6 is 6.04 Å². The van der Waals surface area contributed by atoms with Gasteiger partial charge >= 0.3 is 6.09 Å². The fourth-order valence-corrected chi connectivity index (χ4v) is 11.5. The SMILES string of the molecule is CC(C)[C@H]1COC([C@@H]2C[C@H](P(=S)(c3ccccc3)c3ccccc3)CN2C(=O)OCC2c3ccccc3-c3ccccc32)=N1. The van der Waals surface area contributed by atoms with Gasteiger partial charge in [-0.05, 0) is 45.2 Å². The number of carbonyl (C=O) groups is 1. The molecule has 0 bridgehead atoms. The van der Waals surface area contributed by atoms with E-state index in [2.05, 4.69) is 111 Å². The molecule has 1 aliphatic carbocycles.